The van der Waals surface area contributed by atoms with Crippen LogP contribution in [-0.2, 0) is 0 Å². The Morgan fingerprint density at radius 2 is 1.36 bits per heavy atom. The third kappa shape index (κ3) is 2.92. The minimum absolute atomic E-state index is 0.979. The van der Waals surface area contributed by atoms with Crippen molar-refractivity contribution in [2.45, 2.75) is 0 Å². The summed E-state index contributed by atoms with van der Waals surface area (Å²) in [7, 11) is 1.95. The van der Waals surface area contributed by atoms with Gasteiger partial charge in [-0.1, -0.05) is 66.7 Å². The highest BCUT2D eigenvalue weighted by Crippen LogP contribution is 2.35. The van der Waals surface area contributed by atoms with Gasteiger partial charge in [-0.15, -0.1) is 0 Å². The Kier molecular flexibility index (Phi) is 4.05. The Hall–Kier alpha value is -3.33. The van der Waals surface area contributed by atoms with Crippen LogP contribution < -0.4 is 5.32 Å². The summed E-state index contributed by atoms with van der Waals surface area (Å²) in [5.41, 5.74) is 6.48. The smallest absolute Gasteiger partial charge is 0.101 e. The second kappa shape index (κ2) is 6.65. The number of benzene rings is 3. The molecule has 1 heterocycles. The van der Waals surface area contributed by atoms with Crippen LogP contribution in [0.25, 0.3) is 28.1 Å². The number of rotatable bonds is 4. The lowest BCUT2D eigenvalue weighted by atomic mass is 10.0. The normalized spacial score (nSPS) is 10.6. The molecule has 3 nitrogen and oxygen atoms in total. The predicted molar refractivity (Wildman–Crippen MR) is 104 cm³/mol. The van der Waals surface area contributed by atoms with Gasteiger partial charge in [0, 0.05) is 35.6 Å². The van der Waals surface area contributed by atoms with E-state index in [1.54, 1.807) is 0 Å². The van der Waals surface area contributed by atoms with Gasteiger partial charge in [0.2, 0.25) is 0 Å². The van der Waals surface area contributed by atoms with Gasteiger partial charge < -0.3 is 5.32 Å². The molecule has 0 aliphatic rings. The number of para-hydroxylation sites is 2. The fourth-order valence-corrected chi connectivity index (χ4v) is 3.03. The minimum atomic E-state index is 0.979. The molecule has 0 fully saturated rings. The van der Waals surface area contributed by atoms with E-state index in [0.717, 1.165) is 33.8 Å². The van der Waals surface area contributed by atoms with Crippen LogP contribution in [0.4, 0.5) is 5.69 Å². The maximum atomic E-state index is 4.89. The van der Waals surface area contributed by atoms with Gasteiger partial charge >= 0.3 is 0 Å². The summed E-state index contributed by atoms with van der Waals surface area (Å²) in [6, 6.07) is 28.8. The monoisotopic (exact) mass is 325 g/mol. The van der Waals surface area contributed by atoms with Crippen LogP contribution in [-0.4, -0.2) is 16.8 Å². The number of hydrogen-bond acceptors (Lipinski definition) is 2. The number of nitrogens with zero attached hydrogens (tertiary/aromatic N) is 2. The van der Waals surface area contributed by atoms with Crippen LogP contribution in [0.2, 0.25) is 0 Å². The van der Waals surface area contributed by atoms with Crippen LogP contribution in [0.5, 0.6) is 0 Å². The lowest BCUT2D eigenvalue weighted by molar-refractivity contribution is 0.884. The zero-order chi connectivity index (χ0) is 17.1. The van der Waals surface area contributed by atoms with Gasteiger partial charge in [-0.3, -0.25) is 0 Å². The van der Waals surface area contributed by atoms with E-state index in [2.05, 4.69) is 54.0 Å². The Balaban J connectivity index is 1.94. The van der Waals surface area contributed by atoms with E-state index >= 15 is 0 Å². The van der Waals surface area contributed by atoms with Crippen molar-refractivity contribution in [1.82, 2.24) is 9.78 Å². The lowest BCUT2D eigenvalue weighted by Crippen LogP contribution is -1.93. The SMILES string of the molecule is CNc1ccccc1-c1cn(-c2ccccc2)nc1-c1ccccc1. The first-order chi connectivity index (χ1) is 12.4. The van der Waals surface area contributed by atoms with Gasteiger partial charge in [0.15, 0.2) is 0 Å². The van der Waals surface area contributed by atoms with Crippen LogP contribution >= 0.6 is 0 Å². The van der Waals surface area contributed by atoms with Gasteiger partial charge in [0.1, 0.15) is 5.69 Å². The lowest BCUT2D eigenvalue weighted by Gasteiger charge is -2.08. The molecule has 1 N–H and O–H groups in total. The van der Waals surface area contributed by atoms with Gasteiger partial charge in [-0.2, -0.15) is 5.10 Å². The molecular formula is C22H19N3. The molecule has 0 aliphatic heterocycles. The molecule has 4 rings (SSSR count). The summed E-state index contributed by atoms with van der Waals surface area (Å²) in [5, 5.41) is 8.18. The highest BCUT2D eigenvalue weighted by molar-refractivity contribution is 5.87. The van der Waals surface area contributed by atoms with Gasteiger partial charge in [0.05, 0.1) is 5.69 Å². The van der Waals surface area contributed by atoms with E-state index in [4.69, 9.17) is 5.10 Å². The number of nitrogens with one attached hydrogen (secondary N) is 1. The third-order valence-electron chi connectivity index (χ3n) is 4.27. The fourth-order valence-electron chi connectivity index (χ4n) is 3.03. The Morgan fingerprint density at radius 1 is 0.720 bits per heavy atom. The second-order valence-electron chi connectivity index (χ2n) is 5.83. The summed E-state index contributed by atoms with van der Waals surface area (Å²) in [6.45, 7) is 0. The number of aromatic nitrogens is 2. The van der Waals surface area contributed by atoms with Gasteiger partial charge in [-0.25, -0.2) is 4.68 Å². The van der Waals surface area contributed by atoms with Crippen LogP contribution in [0, 0.1) is 0 Å². The van der Waals surface area contributed by atoms with E-state index < -0.39 is 0 Å². The highest BCUT2D eigenvalue weighted by Gasteiger charge is 2.16. The fraction of sp³-hybridized carbons (Fsp3) is 0.0455. The first kappa shape index (κ1) is 15.2. The van der Waals surface area contributed by atoms with Gasteiger partial charge in [-0.05, 0) is 18.2 Å². The van der Waals surface area contributed by atoms with E-state index in [1.165, 1.54) is 0 Å². The molecule has 0 aliphatic carbocycles. The van der Waals surface area contributed by atoms with Crippen molar-refractivity contribution >= 4 is 5.69 Å². The van der Waals surface area contributed by atoms with Crippen molar-refractivity contribution in [1.29, 1.82) is 0 Å². The minimum Gasteiger partial charge on any atom is -0.388 e. The van der Waals surface area contributed by atoms with E-state index in [9.17, 15) is 0 Å². The molecular weight excluding hydrogens is 306 g/mol. The summed E-state index contributed by atoms with van der Waals surface area (Å²) >= 11 is 0. The van der Waals surface area contributed by atoms with Crippen molar-refractivity contribution in [2.75, 3.05) is 12.4 Å². The van der Waals surface area contributed by atoms with Crippen molar-refractivity contribution in [3.8, 4) is 28.1 Å². The van der Waals surface area contributed by atoms with Gasteiger partial charge in [0.25, 0.3) is 0 Å². The number of hydrogen-bond donors (Lipinski definition) is 1. The first-order valence-electron chi connectivity index (χ1n) is 8.34. The molecule has 0 spiro atoms. The molecule has 0 saturated carbocycles. The Labute approximate surface area is 147 Å². The van der Waals surface area contributed by atoms with Crippen LogP contribution in [0.1, 0.15) is 0 Å². The topological polar surface area (TPSA) is 29.9 Å². The molecule has 0 saturated heterocycles. The average Bonchev–Trinajstić information content (AvgIpc) is 3.14. The first-order valence-corrected chi connectivity index (χ1v) is 8.34. The molecule has 0 bridgehead atoms. The molecule has 3 heteroatoms. The van der Waals surface area contributed by atoms with Crippen molar-refractivity contribution in [2.24, 2.45) is 0 Å². The summed E-state index contributed by atoms with van der Waals surface area (Å²) in [4.78, 5) is 0. The standard InChI is InChI=1S/C22H19N3/c1-23-21-15-9-8-14-19(21)20-16-25(18-12-6-3-7-13-18)24-22(20)17-10-4-2-5-11-17/h2-16,23H,1H3. The maximum Gasteiger partial charge on any atom is 0.101 e. The Bertz CT molecular complexity index is 973. The predicted octanol–water partition coefficient (Wildman–Crippen LogP) is 5.25. The van der Waals surface area contributed by atoms with Crippen molar-refractivity contribution in [3.05, 3.63) is 91.1 Å². The molecule has 3 aromatic carbocycles. The van der Waals surface area contributed by atoms with Crippen molar-refractivity contribution in [3.63, 3.8) is 0 Å². The van der Waals surface area contributed by atoms with Crippen LogP contribution in [0.15, 0.2) is 91.1 Å². The average molecular weight is 325 g/mol. The summed E-state index contributed by atoms with van der Waals surface area (Å²) < 4.78 is 1.95. The molecule has 0 amide bonds. The molecule has 0 radical (unpaired) electrons. The molecule has 0 unspecified atom stereocenters. The van der Waals surface area contributed by atoms with E-state index in [0.29, 0.717) is 0 Å². The van der Waals surface area contributed by atoms with E-state index in [1.807, 2.05) is 54.2 Å². The second-order valence-corrected chi connectivity index (χ2v) is 5.83. The third-order valence-corrected chi connectivity index (χ3v) is 4.27. The van der Waals surface area contributed by atoms with Crippen molar-refractivity contribution < 1.29 is 0 Å². The largest absolute Gasteiger partial charge is 0.388 e. The zero-order valence-electron chi connectivity index (χ0n) is 14.1. The molecule has 1 aromatic heterocycles. The summed E-state index contributed by atoms with van der Waals surface area (Å²) in [5.74, 6) is 0. The molecule has 4 aromatic rings. The zero-order valence-corrected chi connectivity index (χ0v) is 14.1. The quantitative estimate of drug-likeness (QED) is 0.555. The highest BCUT2D eigenvalue weighted by atomic mass is 15.3. The summed E-state index contributed by atoms with van der Waals surface area (Å²) in [6.07, 6.45) is 2.10. The molecule has 0 atom stereocenters. The Morgan fingerprint density at radius 3 is 2.08 bits per heavy atom. The molecule has 25 heavy (non-hydrogen) atoms. The maximum absolute atomic E-state index is 4.89. The molecule has 122 valence electrons. The van der Waals surface area contributed by atoms with E-state index in [-0.39, 0.29) is 0 Å². The van der Waals surface area contributed by atoms with Crippen LogP contribution in [0.3, 0.4) is 0 Å². The number of anilines is 1.